The number of hydrogen-bond acceptors (Lipinski definition) is 6. The summed E-state index contributed by atoms with van der Waals surface area (Å²) in [7, 11) is 0. The van der Waals surface area contributed by atoms with Gasteiger partial charge in [0.15, 0.2) is 0 Å². The Hall–Kier alpha value is -1.76. The first-order valence-electron chi connectivity index (χ1n) is 5.74. The molecule has 2 heterocycles. The average molecular weight is 266 g/mol. The Morgan fingerprint density at radius 1 is 1.33 bits per heavy atom. The third-order valence-corrected chi connectivity index (χ3v) is 3.45. The molecule has 96 valence electrons. The molecule has 18 heavy (non-hydrogen) atoms. The van der Waals surface area contributed by atoms with E-state index in [-0.39, 0.29) is 5.91 Å². The fourth-order valence-corrected chi connectivity index (χ4v) is 2.23. The molecule has 0 fully saturated rings. The van der Waals surface area contributed by atoms with Crippen LogP contribution in [-0.4, -0.2) is 21.3 Å². The maximum Gasteiger partial charge on any atom is 0.263 e. The summed E-state index contributed by atoms with van der Waals surface area (Å²) in [6.45, 7) is 5.65. The van der Waals surface area contributed by atoms with Gasteiger partial charge in [0.1, 0.15) is 16.3 Å². The van der Waals surface area contributed by atoms with E-state index in [1.165, 1.54) is 11.3 Å². The number of rotatable bonds is 4. The van der Waals surface area contributed by atoms with Crippen molar-refractivity contribution >= 4 is 22.4 Å². The fourth-order valence-electron chi connectivity index (χ4n) is 1.56. The number of nitrogens with zero attached hydrogens (tertiary/aromatic N) is 3. The van der Waals surface area contributed by atoms with Crippen LogP contribution in [0.15, 0.2) is 4.52 Å². The van der Waals surface area contributed by atoms with Gasteiger partial charge >= 0.3 is 0 Å². The lowest BCUT2D eigenvalue weighted by molar-refractivity contribution is 0.102. The molecule has 0 saturated heterocycles. The van der Waals surface area contributed by atoms with Crippen LogP contribution in [0.2, 0.25) is 0 Å². The van der Waals surface area contributed by atoms with Crippen molar-refractivity contribution in [3.05, 3.63) is 22.0 Å². The second-order valence-corrected chi connectivity index (χ2v) is 4.79. The van der Waals surface area contributed by atoms with E-state index in [9.17, 15) is 4.79 Å². The second-order valence-electron chi connectivity index (χ2n) is 3.73. The lowest BCUT2D eigenvalue weighted by Gasteiger charge is -2.00. The second kappa shape index (κ2) is 5.26. The van der Waals surface area contributed by atoms with Crippen LogP contribution >= 0.6 is 11.3 Å². The summed E-state index contributed by atoms with van der Waals surface area (Å²) >= 11 is 1.37. The van der Waals surface area contributed by atoms with Gasteiger partial charge in [0.25, 0.3) is 5.91 Å². The molecule has 0 aromatic carbocycles. The predicted molar refractivity (Wildman–Crippen MR) is 67.9 cm³/mol. The molecule has 6 nitrogen and oxygen atoms in total. The van der Waals surface area contributed by atoms with E-state index in [0.29, 0.717) is 28.6 Å². The Labute approximate surface area is 108 Å². The minimum atomic E-state index is -0.246. The molecule has 1 amide bonds. The van der Waals surface area contributed by atoms with Crippen molar-refractivity contribution in [2.45, 2.75) is 33.6 Å². The van der Waals surface area contributed by atoms with Crippen molar-refractivity contribution in [3.8, 4) is 0 Å². The number of anilines is 1. The Morgan fingerprint density at radius 3 is 2.72 bits per heavy atom. The van der Waals surface area contributed by atoms with E-state index in [0.717, 1.165) is 11.4 Å². The standard InChI is InChI=1S/C11H14N4O2S/c1-4-7-9(6(3)15-17-7)10(16)12-11-14-13-8(5-2)18-11/h4-5H2,1-3H3,(H,12,14,16). The summed E-state index contributed by atoms with van der Waals surface area (Å²) in [4.78, 5) is 12.1. The molecule has 0 aliphatic heterocycles. The predicted octanol–water partition coefficient (Wildman–Crippen LogP) is 2.21. The quantitative estimate of drug-likeness (QED) is 0.917. The highest BCUT2D eigenvalue weighted by Gasteiger charge is 2.20. The fraction of sp³-hybridized carbons (Fsp3) is 0.455. The van der Waals surface area contributed by atoms with Gasteiger partial charge in [0, 0.05) is 6.42 Å². The smallest absolute Gasteiger partial charge is 0.263 e. The summed E-state index contributed by atoms with van der Waals surface area (Å²) in [5, 5.41) is 15.8. The molecule has 0 radical (unpaired) electrons. The lowest BCUT2D eigenvalue weighted by atomic mass is 10.1. The van der Waals surface area contributed by atoms with Gasteiger partial charge in [-0.05, 0) is 13.3 Å². The molecule has 7 heteroatoms. The molecule has 0 aliphatic rings. The summed E-state index contributed by atoms with van der Waals surface area (Å²) in [6.07, 6.45) is 1.43. The van der Waals surface area contributed by atoms with Gasteiger partial charge in [-0.15, -0.1) is 10.2 Å². The third-order valence-electron chi connectivity index (χ3n) is 2.47. The minimum absolute atomic E-state index is 0.246. The van der Waals surface area contributed by atoms with Crippen molar-refractivity contribution < 1.29 is 9.32 Å². The maximum absolute atomic E-state index is 12.1. The SMILES string of the molecule is CCc1nnc(NC(=O)c2c(C)noc2CC)s1. The van der Waals surface area contributed by atoms with Crippen LogP contribution in [0, 0.1) is 6.92 Å². The highest BCUT2D eigenvalue weighted by molar-refractivity contribution is 7.15. The number of hydrogen-bond donors (Lipinski definition) is 1. The van der Waals surface area contributed by atoms with Crippen molar-refractivity contribution in [3.63, 3.8) is 0 Å². The van der Waals surface area contributed by atoms with E-state index >= 15 is 0 Å². The van der Waals surface area contributed by atoms with Gasteiger partial charge in [-0.1, -0.05) is 30.3 Å². The lowest BCUT2D eigenvalue weighted by Crippen LogP contribution is -2.14. The monoisotopic (exact) mass is 266 g/mol. The number of amides is 1. The zero-order valence-electron chi connectivity index (χ0n) is 10.5. The molecule has 0 aliphatic carbocycles. The van der Waals surface area contributed by atoms with Crippen molar-refractivity contribution in [1.82, 2.24) is 15.4 Å². The zero-order valence-corrected chi connectivity index (χ0v) is 11.3. The van der Waals surface area contributed by atoms with Crippen LogP contribution in [0.3, 0.4) is 0 Å². The molecule has 2 rings (SSSR count). The topological polar surface area (TPSA) is 80.9 Å². The maximum atomic E-state index is 12.1. The van der Waals surface area contributed by atoms with Crippen LogP contribution in [0.4, 0.5) is 5.13 Å². The normalized spacial score (nSPS) is 10.6. The first-order chi connectivity index (χ1) is 8.65. The van der Waals surface area contributed by atoms with E-state index in [1.807, 2.05) is 13.8 Å². The molecule has 0 spiro atoms. The highest BCUT2D eigenvalue weighted by atomic mass is 32.1. The van der Waals surface area contributed by atoms with Crippen LogP contribution in [0.25, 0.3) is 0 Å². The first kappa shape index (κ1) is 12.7. The van der Waals surface area contributed by atoms with E-state index in [2.05, 4.69) is 20.7 Å². The average Bonchev–Trinajstić information content (AvgIpc) is 2.95. The Kier molecular flexibility index (Phi) is 3.71. The van der Waals surface area contributed by atoms with Gasteiger partial charge in [-0.3, -0.25) is 10.1 Å². The molecular weight excluding hydrogens is 252 g/mol. The highest BCUT2D eigenvalue weighted by Crippen LogP contribution is 2.19. The van der Waals surface area contributed by atoms with Gasteiger partial charge < -0.3 is 4.52 Å². The molecule has 0 unspecified atom stereocenters. The van der Waals surface area contributed by atoms with Crippen molar-refractivity contribution in [2.24, 2.45) is 0 Å². The van der Waals surface area contributed by atoms with Gasteiger partial charge in [0.2, 0.25) is 5.13 Å². The number of nitrogens with one attached hydrogen (secondary N) is 1. The minimum Gasteiger partial charge on any atom is -0.360 e. The molecular formula is C11H14N4O2S. The molecule has 2 aromatic heterocycles. The van der Waals surface area contributed by atoms with Gasteiger partial charge in [-0.2, -0.15) is 0 Å². The molecule has 0 atom stereocenters. The largest absolute Gasteiger partial charge is 0.360 e. The Balaban J connectivity index is 2.18. The number of aryl methyl sites for hydroxylation is 3. The van der Waals surface area contributed by atoms with Gasteiger partial charge in [0.05, 0.1) is 5.69 Å². The molecule has 1 N–H and O–H groups in total. The van der Waals surface area contributed by atoms with Crippen LogP contribution < -0.4 is 5.32 Å². The molecule has 2 aromatic rings. The van der Waals surface area contributed by atoms with Crippen molar-refractivity contribution in [1.29, 1.82) is 0 Å². The van der Waals surface area contributed by atoms with E-state index < -0.39 is 0 Å². The zero-order chi connectivity index (χ0) is 13.1. The summed E-state index contributed by atoms with van der Waals surface area (Å²) in [5.74, 6) is 0.342. The number of aromatic nitrogens is 3. The number of carbonyl (C=O) groups is 1. The Bertz CT molecular complexity index is 561. The third kappa shape index (κ3) is 2.40. The summed E-state index contributed by atoms with van der Waals surface area (Å²) in [6, 6.07) is 0. The summed E-state index contributed by atoms with van der Waals surface area (Å²) < 4.78 is 5.09. The molecule has 0 saturated carbocycles. The van der Waals surface area contributed by atoms with Crippen LogP contribution in [0.1, 0.15) is 40.7 Å². The van der Waals surface area contributed by atoms with Crippen LogP contribution in [0.5, 0.6) is 0 Å². The van der Waals surface area contributed by atoms with Gasteiger partial charge in [-0.25, -0.2) is 0 Å². The first-order valence-corrected chi connectivity index (χ1v) is 6.56. The molecule has 0 bridgehead atoms. The Morgan fingerprint density at radius 2 is 2.11 bits per heavy atom. The number of carbonyl (C=O) groups excluding carboxylic acids is 1. The van der Waals surface area contributed by atoms with Crippen LogP contribution in [-0.2, 0) is 12.8 Å². The summed E-state index contributed by atoms with van der Waals surface area (Å²) in [5.41, 5.74) is 1.08. The van der Waals surface area contributed by atoms with Crippen molar-refractivity contribution in [2.75, 3.05) is 5.32 Å². The van der Waals surface area contributed by atoms with E-state index in [4.69, 9.17) is 4.52 Å². The van der Waals surface area contributed by atoms with E-state index in [1.54, 1.807) is 6.92 Å².